The first-order valence-electron chi connectivity index (χ1n) is 13.0. The third-order valence-electron chi connectivity index (χ3n) is 7.51. The van der Waals surface area contributed by atoms with E-state index in [2.05, 4.69) is 63.3 Å². The maximum Gasteiger partial charge on any atom is 0.205 e. The Morgan fingerprint density at radius 3 is 2.62 bits per heavy atom. The summed E-state index contributed by atoms with van der Waals surface area (Å²) in [5, 5.41) is 25.5. The number of aliphatic hydroxyl groups excluding tert-OH is 1. The number of rotatable bonds is 6. The van der Waals surface area contributed by atoms with Crippen molar-refractivity contribution in [2.45, 2.75) is 59.1 Å². The summed E-state index contributed by atoms with van der Waals surface area (Å²) in [5.74, 6) is 1.71. The van der Waals surface area contributed by atoms with E-state index in [0.717, 1.165) is 64.2 Å². The molecule has 0 radical (unpaired) electrons. The van der Waals surface area contributed by atoms with Crippen molar-refractivity contribution in [1.82, 2.24) is 35.2 Å². The fourth-order valence-corrected chi connectivity index (χ4v) is 5.59. The SMILES string of the molecule is CCc1nc2c(C)cc(C(O)C(C)C)nc2n1[C@H]1CCc2cc(-c3ccccc3-c3nn[nH]n3)ccc21. The van der Waals surface area contributed by atoms with Crippen LogP contribution in [-0.4, -0.2) is 40.3 Å². The minimum absolute atomic E-state index is 0.0901. The molecule has 5 aromatic rings. The molecule has 1 aliphatic carbocycles. The van der Waals surface area contributed by atoms with Gasteiger partial charge in [-0.05, 0) is 64.8 Å². The summed E-state index contributed by atoms with van der Waals surface area (Å²) in [6.45, 7) is 8.24. The summed E-state index contributed by atoms with van der Waals surface area (Å²) < 4.78 is 2.32. The van der Waals surface area contributed by atoms with Gasteiger partial charge in [-0.25, -0.2) is 9.97 Å². The molecule has 2 N–H and O–H groups in total. The minimum atomic E-state index is -0.603. The highest BCUT2D eigenvalue weighted by Crippen LogP contribution is 2.41. The van der Waals surface area contributed by atoms with Gasteiger partial charge in [-0.1, -0.05) is 63.2 Å². The number of aromatic amines is 1. The highest BCUT2D eigenvalue weighted by Gasteiger charge is 2.29. The molecule has 8 heteroatoms. The number of hydrogen-bond donors (Lipinski definition) is 2. The number of tetrazole rings is 1. The summed E-state index contributed by atoms with van der Waals surface area (Å²) in [6, 6.07) is 17.0. The Kier molecular flexibility index (Phi) is 5.83. The van der Waals surface area contributed by atoms with Gasteiger partial charge >= 0.3 is 0 Å². The molecule has 0 spiro atoms. The average Bonchev–Trinajstić information content (AvgIpc) is 3.66. The van der Waals surface area contributed by atoms with E-state index in [0.29, 0.717) is 5.82 Å². The van der Waals surface area contributed by atoms with Crippen molar-refractivity contribution < 1.29 is 5.11 Å². The molecule has 0 aliphatic heterocycles. The minimum Gasteiger partial charge on any atom is -0.387 e. The van der Waals surface area contributed by atoms with Crippen LogP contribution < -0.4 is 0 Å². The van der Waals surface area contributed by atoms with Gasteiger partial charge in [0.1, 0.15) is 11.3 Å². The molecule has 8 nitrogen and oxygen atoms in total. The molecule has 188 valence electrons. The molecule has 3 heterocycles. The molecule has 0 amide bonds. The zero-order chi connectivity index (χ0) is 25.7. The van der Waals surface area contributed by atoms with Gasteiger partial charge < -0.3 is 9.67 Å². The van der Waals surface area contributed by atoms with Gasteiger partial charge in [0, 0.05) is 12.0 Å². The molecule has 2 aromatic carbocycles. The number of aryl methyl sites for hydroxylation is 3. The van der Waals surface area contributed by atoms with Gasteiger partial charge in [-0.3, -0.25) is 0 Å². The van der Waals surface area contributed by atoms with Crippen LogP contribution in [0.25, 0.3) is 33.7 Å². The number of aromatic nitrogens is 7. The Balaban J connectivity index is 1.45. The fraction of sp³-hybridized carbons (Fsp3) is 0.345. The van der Waals surface area contributed by atoms with Crippen LogP contribution >= 0.6 is 0 Å². The number of fused-ring (bicyclic) bond motifs is 2. The van der Waals surface area contributed by atoms with Crippen molar-refractivity contribution in [3.05, 3.63) is 76.7 Å². The van der Waals surface area contributed by atoms with Crippen LogP contribution in [0, 0.1) is 12.8 Å². The van der Waals surface area contributed by atoms with Crippen molar-refractivity contribution in [1.29, 1.82) is 0 Å². The van der Waals surface area contributed by atoms with E-state index in [1.165, 1.54) is 11.1 Å². The number of hydrogen-bond acceptors (Lipinski definition) is 6. The Morgan fingerprint density at radius 1 is 1.08 bits per heavy atom. The summed E-state index contributed by atoms with van der Waals surface area (Å²) in [6.07, 6.45) is 2.18. The lowest BCUT2D eigenvalue weighted by atomic mass is 9.96. The molecule has 6 rings (SSSR count). The maximum absolute atomic E-state index is 10.8. The summed E-state index contributed by atoms with van der Waals surface area (Å²) in [4.78, 5) is 9.97. The maximum atomic E-state index is 10.8. The summed E-state index contributed by atoms with van der Waals surface area (Å²) >= 11 is 0. The molecule has 3 aromatic heterocycles. The van der Waals surface area contributed by atoms with Gasteiger partial charge in [0.25, 0.3) is 0 Å². The lowest BCUT2D eigenvalue weighted by Crippen LogP contribution is -2.13. The molecule has 37 heavy (non-hydrogen) atoms. The van der Waals surface area contributed by atoms with Crippen molar-refractivity contribution in [2.75, 3.05) is 0 Å². The number of nitrogens with zero attached hydrogens (tertiary/aromatic N) is 6. The van der Waals surface area contributed by atoms with Crippen molar-refractivity contribution in [3.63, 3.8) is 0 Å². The second-order valence-electron chi connectivity index (χ2n) is 10.2. The van der Waals surface area contributed by atoms with Crippen LogP contribution in [0.3, 0.4) is 0 Å². The molecule has 0 saturated heterocycles. The first-order valence-corrected chi connectivity index (χ1v) is 13.0. The number of pyridine rings is 1. The van der Waals surface area contributed by atoms with Gasteiger partial charge in [0.05, 0.1) is 17.8 Å². The Bertz CT molecular complexity index is 1590. The molecule has 0 fully saturated rings. The molecule has 0 saturated carbocycles. The first kappa shape index (κ1) is 23.5. The first-order chi connectivity index (χ1) is 18.0. The van der Waals surface area contributed by atoms with Crippen molar-refractivity contribution in [2.24, 2.45) is 5.92 Å². The lowest BCUT2D eigenvalue weighted by Gasteiger charge is -2.19. The normalized spacial score (nSPS) is 16.0. The van der Waals surface area contributed by atoms with Gasteiger partial charge in [-0.15, -0.1) is 10.2 Å². The molecule has 1 aliphatic rings. The van der Waals surface area contributed by atoms with E-state index >= 15 is 0 Å². The second-order valence-corrected chi connectivity index (χ2v) is 10.2. The van der Waals surface area contributed by atoms with Crippen LogP contribution in [0.15, 0.2) is 48.5 Å². The number of benzene rings is 2. The predicted octanol–water partition coefficient (Wildman–Crippen LogP) is 5.37. The van der Waals surface area contributed by atoms with E-state index in [9.17, 15) is 5.11 Å². The summed E-state index contributed by atoms with van der Waals surface area (Å²) in [5.41, 5.74) is 9.40. The lowest BCUT2D eigenvalue weighted by molar-refractivity contribution is 0.122. The summed E-state index contributed by atoms with van der Waals surface area (Å²) in [7, 11) is 0. The standard InChI is InChI=1S/C29H31N7O/c1-5-25-31-26-17(4)14-23(27(37)16(2)3)30-29(26)36(25)24-13-11-19-15-18(10-12-21(19)24)20-8-6-7-9-22(20)28-32-34-35-33-28/h6-10,12,14-16,24,27,37H,5,11,13H2,1-4H3,(H,32,33,34,35)/t24-,27?/m0/s1. The molecular weight excluding hydrogens is 462 g/mol. The number of imidazole rings is 1. The van der Waals surface area contributed by atoms with Gasteiger partial charge in [-0.2, -0.15) is 5.21 Å². The van der Waals surface area contributed by atoms with Crippen LogP contribution in [0.1, 0.15) is 67.5 Å². The predicted molar refractivity (Wildman–Crippen MR) is 143 cm³/mol. The van der Waals surface area contributed by atoms with Crippen LogP contribution in [-0.2, 0) is 12.8 Å². The Hall–Kier alpha value is -3.91. The van der Waals surface area contributed by atoms with Crippen LogP contribution in [0.2, 0.25) is 0 Å². The fourth-order valence-electron chi connectivity index (χ4n) is 5.59. The monoisotopic (exact) mass is 493 g/mol. The zero-order valence-corrected chi connectivity index (χ0v) is 21.6. The van der Waals surface area contributed by atoms with E-state index in [1.54, 1.807) is 0 Å². The van der Waals surface area contributed by atoms with Crippen LogP contribution in [0.4, 0.5) is 0 Å². The van der Waals surface area contributed by atoms with Crippen molar-refractivity contribution in [3.8, 4) is 22.5 Å². The van der Waals surface area contributed by atoms with E-state index in [1.807, 2.05) is 38.1 Å². The quantitative estimate of drug-likeness (QED) is 0.329. The molecular formula is C29H31N7O. The Morgan fingerprint density at radius 2 is 1.89 bits per heavy atom. The van der Waals surface area contributed by atoms with Gasteiger partial charge in [0.2, 0.25) is 5.82 Å². The van der Waals surface area contributed by atoms with Crippen molar-refractivity contribution >= 4 is 11.2 Å². The van der Waals surface area contributed by atoms with Crippen LogP contribution in [0.5, 0.6) is 0 Å². The highest BCUT2D eigenvalue weighted by atomic mass is 16.3. The van der Waals surface area contributed by atoms with E-state index in [4.69, 9.17) is 9.97 Å². The molecule has 1 unspecified atom stereocenters. The number of H-pyrrole nitrogens is 1. The third-order valence-corrected chi connectivity index (χ3v) is 7.51. The smallest absolute Gasteiger partial charge is 0.205 e. The topological polar surface area (TPSA) is 105 Å². The molecule has 2 atom stereocenters. The largest absolute Gasteiger partial charge is 0.387 e. The number of nitrogens with one attached hydrogen (secondary N) is 1. The van der Waals surface area contributed by atoms with E-state index < -0.39 is 6.10 Å². The number of aliphatic hydroxyl groups is 1. The zero-order valence-electron chi connectivity index (χ0n) is 21.6. The third kappa shape index (κ3) is 3.92. The van der Waals surface area contributed by atoms with Gasteiger partial charge in [0.15, 0.2) is 5.65 Å². The average molecular weight is 494 g/mol. The molecule has 0 bridgehead atoms. The van der Waals surface area contributed by atoms with E-state index in [-0.39, 0.29) is 12.0 Å². The second kappa shape index (κ2) is 9.19. The highest BCUT2D eigenvalue weighted by molar-refractivity contribution is 5.81. The Labute approximate surface area is 215 Å².